The largest absolute Gasteiger partial charge is 0.469 e. The van der Waals surface area contributed by atoms with E-state index in [1.165, 1.54) is 6.26 Å². The minimum atomic E-state index is -0.987. The highest BCUT2D eigenvalue weighted by Gasteiger charge is 2.61. The first-order valence-electron chi connectivity index (χ1n) is 12.8. The lowest BCUT2D eigenvalue weighted by atomic mass is 9.72. The van der Waals surface area contributed by atoms with Crippen molar-refractivity contribution in [1.29, 1.82) is 0 Å². The summed E-state index contributed by atoms with van der Waals surface area (Å²) in [6.45, 7) is 3.91. The molecule has 0 saturated carbocycles. The third-order valence-corrected chi connectivity index (χ3v) is 7.73. The van der Waals surface area contributed by atoms with Crippen molar-refractivity contribution in [2.24, 2.45) is 17.4 Å². The van der Waals surface area contributed by atoms with Crippen LogP contribution in [0.4, 0.5) is 5.69 Å². The van der Waals surface area contributed by atoms with Crippen LogP contribution < -0.4 is 26.8 Å². The highest BCUT2D eigenvalue weighted by atomic mass is 16.5. The van der Waals surface area contributed by atoms with Crippen LogP contribution in [0.2, 0.25) is 0 Å². The molecule has 0 radical (unpaired) electrons. The molecule has 2 aromatic carbocycles. The van der Waals surface area contributed by atoms with E-state index in [1.807, 2.05) is 56.3 Å². The van der Waals surface area contributed by atoms with Crippen LogP contribution in [0.25, 0.3) is 11.6 Å². The molecule has 2 amide bonds. The van der Waals surface area contributed by atoms with Crippen LogP contribution in [0.15, 0.2) is 57.6 Å². The van der Waals surface area contributed by atoms with Gasteiger partial charge in [-0.25, -0.2) is 9.97 Å². The van der Waals surface area contributed by atoms with E-state index < -0.39 is 29.6 Å². The zero-order valence-electron chi connectivity index (χ0n) is 21.2. The lowest BCUT2D eigenvalue weighted by Gasteiger charge is -2.28. The van der Waals surface area contributed by atoms with Crippen molar-refractivity contribution in [3.8, 4) is 17.3 Å². The van der Waals surface area contributed by atoms with Crippen molar-refractivity contribution in [2.45, 2.75) is 44.0 Å². The molecule has 5 heterocycles. The zero-order chi connectivity index (χ0) is 27.1. The first kappa shape index (κ1) is 23.5. The number of ether oxygens (including phenoxy) is 1. The van der Waals surface area contributed by atoms with Gasteiger partial charge in [-0.3, -0.25) is 9.59 Å². The number of primary amides is 1. The Labute approximate surface area is 222 Å². The molecule has 39 heavy (non-hydrogen) atoms. The Balaban J connectivity index is 1.58. The van der Waals surface area contributed by atoms with Crippen LogP contribution in [0, 0.1) is 5.92 Å². The zero-order valence-corrected chi connectivity index (χ0v) is 21.2. The first-order valence-corrected chi connectivity index (χ1v) is 12.8. The minimum absolute atomic E-state index is 0.0394. The topological polar surface area (TPSA) is 172 Å². The van der Waals surface area contributed by atoms with Gasteiger partial charge >= 0.3 is 0 Å². The van der Waals surface area contributed by atoms with Crippen LogP contribution in [-0.4, -0.2) is 34.1 Å². The van der Waals surface area contributed by atoms with Gasteiger partial charge in [0.2, 0.25) is 17.7 Å². The number of para-hydroxylation sites is 1. The molecule has 0 aliphatic carbocycles. The van der Waals surface area contributed by atoms with Gasteiger partial charge in [-0.1, -0.05) is 44.2 Å². The van der Waals surface area contributed by atoms with Crippen molar-refractivity contribution >= 4 is 17.5 Å². The summed E-state index contributed by atoms with van der Waals surface area (Å²) in [7, 11) is 0. The van der Waals surface area contributed by atoms with E-state index in [2.05, 4.69) is 15.6 Å². The highest BCUT2D eigenvalue weighted by molar-refractivity contribution is 5.91. The molecule has 4 aromatic rings. The summed E-state index contributed by atoms with van der Waals surface area (Å²) in [4.78, 5) is 34.2. The Morgan fingerprint density at radius 3 is 2.72 bits per heavy atom. The number of hydrogen-bond acceptors (Lipinski definition) is 9. The minimum Gasteiger partial charge on any atom is -0.469 e. The molecule has 11 heteroatoms. The van der Waals surface area contributed by atoms with E-state index in [0.717, 1.165) is 22.4 Å². The molecule has 0 fully saturated rings. The maximum absolute atomic E-state index is 13.2. The van der Waals surface area contributed by atoms with Crippen LogP contribution in [0.5, 0.6) is 5.75 Å². The van der Waals surface area contributed by atoms with E-state index in [9.17, 15) is 9.59 Å². The maximum Gasteiger partial charge on any atom is 0.270 e. The number of carbonyl (C=O) groups is 2. The van der Waals surface area contributed by atoms with Gasteiger partial charge in [0.1, 0.15) is 23.5 Å². The standard InChI is InChI=1S/C28H26N6O5/c1-12(2)20-26-34-21(25-31-18(11-37-25)23(30)35)22(39-26)28-14-5-3-4-6-17(14)32-27(28)38-19-8-7-13(9-15(19)28)10-16(29)24(36)33-20/h3-9,11-12,16,20,27,32H,10,29H2,1-2H3,(H2,30,35)(H,33,36)/t16-,20-,27?,28-/m0/s1. The number of oxazole rings is 2. The average molecular weight is 527 g/mol. The monoisotopic (exact) mass is 526 g/mol. The number of anilines is 1. The Bertz CT molecular complexity index is 1660. The van der Waals surface area contributed by atoms with Gasteiger partial charge in [-0.2, -0.15) is 0 Å². The second kappa shape index (κ2) is 8.18. The molecule has 4 bridgehead atoms. The molecule has 198 valence electrons. The number of benzene rings is 2. The summed E-state index contributed by atoms with van der Waals surface area (Å²) in [6.07, 6.45) is 0.951. The molecule has 3 aliphatic rings. The van der Waals surface area contributed by atoms with Crippen molar-refractivity contribution in [3.63, 3.8) is 0 Å². The van der Waals surface area contributed by atoms with Gasteiger partial charge in [0, 0.05) is 11.3 Å². The molecular weight excluding hydrogens is 500 g/mol. The number of amides is 2. The molecule has 1 spiro atoms. The van der Waals surface area contributed by atoms with E-state index in [-0.39, 0.29) is 35.0 Å². The summed E-state index contributed by atoms with van der Waals surface area (Å²) >= 11 is 0. The predicted octanol–water partition coefficient (Wildman–Crippen LogP) is 2.60. The van der Waals surface area contributed by atoms with Crippen molar-refractivity contribution in [1.82, 2.24) is 15.3 Å². The Hall–Kier alpha value is -4.64. The number of nitrogens with one attached hydrogen (secondary N) is 2. The summed E-state index contributed by atoms with van der Waals surface area (Å²) in [5.41, 5.74) is 14.6. The molecule has 2 aromatic heterocycles. The molecule has 3 aliphatic heterocycles. The van der Waals surface area contributed by atoms with Gasteiger partial charge < -0.3 is 35.7 Å². The van der Waals surface area contributed by atoms with Crippen LogP contribution >= 0.6 is 0 Å². The van der Waals surface area contributed by atoms with E-state index in [4.69, 9.17) is 30.0 Å². The van der Waals surface area contributed by atoms with Crippen LogP contribution in [-0.2, 0) is 16.6 Å². The fourth-order valence-corrected chi connectivity index (χ4v) is 5.85. The lowest BCUT2D eigenvalue weighted by Crippen LogP contribution is -2.45. The van der Waals surface area contributed by atoms with E-state index in [1.54, 1.807) is 0 Å². The van der Waals surface area contributed by atoms with Gasteiger partial charge in [0.05, 0.1) is 6.04 Å². The first-order chi connectivity index (χ1) is 18.8. The van der Waals surface area contributed by atoms with Crippen LogP contribution in [0.1, 0.15) is 58.7 Å². The van der Waals surface area contributed by atoms with Gasteiger partial charge in [-0.05, 0) is 35.6 Å². The molecule has 4 atom stereocenters. The quantitative estimate of drug-likeness (QED) is 0.313. The smallest absolute Gasteiger partial charge is 0.270 e. The second-order valence-corrected chi connectivity index (χ2v) is 10.5. The van der Waals surface area contributed by atoms with Crippen LogP contribution in [0.3, 0.4) is 0 Å². The number of aromatic nitrogens is 2. The third-order valence-electron chi connectivity index (χ3n) is 7.73. The summed E-state index contributed by atoms with van der Waals surface area (Å²) in [5, 5.41) is 6.52. The van der Waals surface area contributed by atoms with E-state index >= 15 is 0 Å². The number of carbonyl (C=O) groups excluding carboxylic acids is 2. The molecular formula is C28H26N6O5. The van der Waals surface area contributed by atoms with Crippen molar-refractivity contribution in [2.75, 3.05) is 5.32 Å². The third kappa shape index (κ3) is 3.26. The van der Waals surface area contributed by atoms with Gasteiger partial charge in [0.15, 0.2) is 23.4 Å². The highest BCUT2D eigenvalue weighted by Crippen LogP contribution is 2.59. The number of nitrogens with two attached hydrogens (primary N) is 2. The average Bonchev–Trinajstić information content (AvgIpc) is 3.67. The van der Waals surface area contributed by atoms with Gasteiger partial charge in [-0.15, -0.1) is 0 Å². The number of nitrogens with zero attached hydrogens (tertiary/aromatic N) is 2. The Morgan fingerprint density at radius 2 is 1.95 bits per heavy atom. The maximum atomic E-state index is 13.2. The number of fused-ring (bicyclic) bond motifs is 4. The fourth-order valence-electron chi connectivity index (χ4n) is 5.85. The van der Waals surface area contributed by atoms with Crippen molar-refractivity contribution in [3.05, 3.63) is 82.8 Å². The fraction of sp³-hybridized carbons (Fsp3) is 0.286. The summed E-state index contributed by atoms with van der Waals surface area (Å²) in [5.74, 6) is 0.262. The molecule has 0 saturated heterocycles. The Morgan fingerprint density at radius 1 is 1.13 bits per heavy atom. The SMILES string of the molecule is CC(C)[C@@H]1NC(=O)[C@@H](N)Cc2ccc3c(c2)[C@@]2(c4ccccc4NC2O3)c2oc1nc2-c1nc(C(N)=O)co1. The Kier molecular flexibility index (Phi) is 4.92. The van der Waals surface area contributed by atoms with Gasteiger partial charge in [0.25, 0.3) is 5.91 Å². The number of hydrogen-bond donors (Lipinski definition) is 4. The summed E-state index contributed by atoms with van der Waals surface area (Å²) in [6, 6.07) is 12.3. The molecule has 11 nitrogen and oxygen atoms in total. The molecule has 6 N–H and O–H groups in total. The normalized spacial score (nSPS) is 24.6. The predicted molar refractivity (Wildman–Crippen MR) is 139 cm³/mol. The van der Waals surface area contributed by atoms with E-state index in [0.29, 0.717) is 17.9 Å². The number of rotatable bonds is 3. The second-order valence-electron chi connectivity index (χ2n) is 10.5. The molecule has 1 unspecified atom stereocenters. The lowest BCUT2D eigenvalue weighted by molar-refractivity contribution is -0.123. The van der Waals surface area contributed by atoms with Crippen molar-refractivity contribution < 1.29 is 23.2 Å². The molecule has 7 rings (SSSR count). The summed E-state index contributed by atoms with van der Waals surface area (Å²) < 4.78 is 18.9.